The maximum Gasteiger partial charge on any atom is 0.387 e. The summed E-state index contributed by atoms with van der Waals surface area (Å²) < 4.78 is 36.4. The van der Waals surface area contributed by atoms with Gasteiger partial charge in [0.2, 0.25) is 0 Å². The summed E-state index contributed by atoms with van der Waals surface area (Å²) in [5, 5.41) is 5.38. The number of carbonyl (C=O) groups excluding carboxylic acids is 1. The molecule has 0 unspecified atom stereocenters. The predicted octanol–water partition coefficient (Wildman–Crippen LogP) is 4.80. The van der Waals surface area contributed by atoms with Crippen LogP contribution in [-0.2, 0) is 6.54 Å². The number of benzene rings is 3. The highest BCUT2D eigenvalue weighted by atomic mass is 19.3. The standard InChI is InChI=1S/C27H23F2N3O4/c1-35-23-15-17(11-14-22(23)36-27(28)29)16-31(18-12-13-18)26(34)24-20-9-5-6-10-21(20)25(33)32(30-24)19-7-3-2-4-8-19/h2-11,14-15,18,27H,12-13,16H2,1H3. The molecule has 0 N–H and O–H groups in total. The fraction of sp³-hybridized carbons (Fsp3) is 0.222. The number of para-hydroxylation sites is 1. The first-order valence-electron chi connectivity index (χ1n) is 11.5. The first-order valence-corrected chi connectivity index (χ1v) is 11.5. The average molecular weight is 491 g/mol. The van der Waals surface area contributed by atoms with Gasteiger partial charge in [-0.2, -0.15) is 18.6 Å². The second kappa shape index (κ2) is 9.77. The van der Waals surface area contributed by atoms with Crippen LogP contribution >= 0.6 is 0 Å². The van der Waals surface area contributed by atoms with Crippen molar-refractivity contribution in [1.82, 2.24) is 14.7 Å². The molecule has 184 valence electrons. The van der Waals surface area contributed by atoms with Gasteiger partial charge in [-0.1, -0.05) is 42.5 Å². The molecule has 1 saturated carbocycles. The first-order chi connectivity index (χ1) is 17.5. The lowest BCUT2D eigenvalue weighted by Crippen LogP contribution is -2.35. The van der Waals surface area contributed by atoms with Crippen molar-refractivity contribution in [3.8, 4) is 17.2 Å². The Morgan fingerprint density at radius 2 is 1.72 bits per heavy atom. The summed E-state index contributed by atoms with van der Waals surface area (Å²) in [5.74, 6) is -0.245. The quantitative estimate of drug-likeness (QED) is 0.354. The number of amides is 1. The van der Waals surface area contributed by atoms with Crippen LogP contribution in [0.2, 0.25) is 0 Å². The minimum atomic E-state index is -2.98. The van der Waals surface area contributed by atoms with Gasteiger partial charge in [-0.25, -0.2) is 0 Å². The van der Waals surface area contributed by atoms with Gasteiger partial charge in [-0.05, 0) is 48.7 Å². The summed E-state index contributed by atoms with van der Waals surface area (Å²) >= 11 is 0. The number of methoxy groups -OCH3 is 1. The third-order valence-electron chi connectivity index (χ3n) is 6.05. The maximum absolute atomic E-state index is 13.9. The highest BCUT2D eigenvalue weighted by molar-refractivity contribution is 6.05. The molecule has 1 aromatic heterocycles. The Bertz CT molecular complexity index is 1470. The zero-order chi connectivity index (χ0) is 25.2. The lowest BCUT2D eigenvalue weighted by molar-refractivity contribution is -0.0512. The minimum Gasteiger partial charge on any atom is -0.493 e. The Morgan fingerprint density at radius 1 is 1.03 bits per heavy atom. The molecule has 7 nitrogen and oxygen atoms in total. The van der Waals surface area contributed by atoms with Gasteiger partial charge in [0.25, 0.3) is 11.5 Å². The van der Waals surface area contributed by atoms with Crippen LogP contribution in [0.25, 0.3) is 16.5 Å². The van der Waals surface area contributed by atoms with Crippen LogP contribution < -0.4 is 15.0 Å². The Labute approximate surface area is 205 Å². The lowest BCUT2D eigenvalue weighted by Gasteiger charge is -2.24. The average Bonchev–Trinajstić information content (AvgIpc) is 3.73. The van der Waals surface area contributed by atoms with Crippen LogP contribution in [0.3, 0.4) is 0 Å². The van der Waals surface area contributed by atoms with Crippen molar-refractivity contribution in [3.63, 3.8) is 0 Å². The maximum atomic E-state index is 13.9. The van der Waals surface area contributed by atoms with Crippen LogP contribution in [0.15, 0.2) is 77.6 Å². The molecule has 0 saturated heterocycles. The number of hydrogen-bond acceptors (Lipinski definition) is 5. The SMILES string of the molecule is COc1cc(CN(C(=O)c2nn(-c3ccccc3)c(=O)c3ccccc23)C2CC2)ccc1OC(F)F. The van der Waals surface area contributed by atoms with Crippen LogP contribution in [0.5, 0.6) is 11.5 Å². The van der Waals surface area contributed by atoms with Gasteiger partial charge in [-0.3, -0.25) is 9.59 Å². The topological polar surface area (TPSA) is 73.7 Å². The van der Waals surface area contributed by atoms with E-state index in [4.69, 9.17) is 4.74 Å². The molecule has 1 fully saturated rings. The number of rotatable bonds is 8. The smallest absolute Gasteiger partial charge is 0.387 e. The number of ether oxygens (including phenoxy) is 2. The summed E-state index contributed by atoms with van der Waals surface area (Å²) in [6.07, 6.45) is 1.68. The molecule has 0 aliphatic heterocycles. The molecule has 36 heavy (non-hydrogen) atoms. The van der Waals surface area contributed by atoms with Crippen molar-refractivity contribution in [3.05, 3.63) is 94.4 Å². The highest BCUT2D eigenvalue weighted by Gasteiger charge is 2.35. The fourth-order valence-corrected chi connectivity index (χ4v) is 4.18. The molecule has 0 bridgehead atoms. The zero-order valence-electron chi connectivity index (χ0n) is 19.4. The van der Waals surface area contributed by atoms with Gasteiger partial charge in [0.15, 0.2) is 17.2 Å². The molecule has 1 aliphatic rings. The number of halogens is 2. The van der Waals surface area contributed by atoms with E-state index in [0.717, 1.165) is 12.8 Å². The van der Waals surface area contributed by atoms with Crippen LogP contribution in [0.1, 0.15) is 28.9 Å². The molecule has 1 amide bonds. The van der Waals surface area contributed by atoms with E-state index in [1.54, 1.807) is 65.6 Å². The van der Waals surface area contributed by atoms with Crippen molar-refractivity contribution in [2.24, 2.45) is 0 Å². The Morgan fingerprint density at radius 3 is 2.39 bits per heavy atom. The van der Waals surface area contributed by atoms with Crippen molar-refractivity contribution < 1.29 is 23.0 Å². The van der Waals surface area contributed by atoms with Crippen molar-refractivity contribution in [1.29, 1.82) is 0 Å². The van der Waals surface area contributed by atoms with Crippen LogP contribution in [0, 0.1) is 0 Å². The highest BCUT2D eigenvalue weighted by Crippen LogP contribution is 2.34. The van der Waals surface area contributed by atoms with Gasteiger partial charge in [0.05, 0.1) is 18.2 Å². The van der Waals surface area contributed by atoms with Crippen molar-refractivity contribution in [2.45, 2.75) is 32.0 Å². The number of aromatic nitrogens is 2. The molecule has 3 aromatic carbocycles. The largest absolute Gasteiger partial charge is 0.493 e. The summed E-state index contributed by atoms with van der Waals surface area (Å²) in [6, 6.07) is 20.5. The molecule has 0 radical (unpaired) electrons. The van der Waals surface area contributed by atoms with E-state index >= 15 is 0 Å². The van der Waals surface area contributed by atoms with E-state index < -0.39 is 6.61 Å². The molecule has 1 heterocycles. The summed E-state index contributed by atoms with van der Waals surface area (Å²) in [7, 11) is 1.37. The summed E-state index contributed by atoms with van der Waals surface area (Å²) in [5.41, 5.74) is 1.10. The van der Waals surface area contributed by atoms with E-state index in [0.29, 0.717) is 22.0 Å². The van der Waals surface area contributed by atoms with Gasteiger partial charge in [0, 0.05) is 18.0 Å². The van der Waals surface area contributed by atoms with Crippen LogP contribution in [0.4, 0.5) is 8.78 Å². The third kappa shape index (κ3) is 4.64. The first kappa shape index (κ1) is 23.5. The summed E-state index contributed by atoms with van der Waals surface area (Å²) in [6.45, 7) is -2.76. The molecular weight excluding hydrogens is 468 g/mol. The monoisotopic (exact) mass is 491 g/mol. The summed E-state index contributed by atoms with van der Waals surface area (Å²) in [4.78, 5) is 28.8. The fourth-order valence-electron chi connectivity index (χ4n) is 4.18. The van der Waals surface area contributed by atoms with Crippen LogP contribution in [-0.4, -0.2) is 40.4 Å². The number of alkyl halides is 2. The molecule has 9 heteroatoms. The van der Waals surface area contributed by atoms with Gasteiger partial charge in [-0.15, -0.1) is 0 Å². The molecule has 5 rings (SSSR count). The second-order valence-corrected chi connectivity index (χ2v) is 8.47. The predicted molar refractivity (Wildman–Crippen MR) is 130 cm³/mol. The minimum absolute atomic E-state index is 0.0122. The van der Waals surface area contributed by atoms with E-state index in [1.165, 1.54) is 17.9 Å². The number of carbonyl (C=O) groups is 1. The molecule has 0 spiro atoms. The second-order valence-electron chi connectivity index (χ2n) is 8.47. The van der Waals surface area contributed by atoms with E-state index in [9.17, 15) is 18.4 Å². The molecule has 4 aromatic rings. The van der Waals surface area contributed by atoms with E-state index in [2.05, 4.69) is 9.84 Å². The van der Waals surface area contributed by atoms with Gasteiger partial charge >= 0.3 is 6.61 Å². The number of fused-ring (bicyclic) bond motifs is 1. The lowest BCUT2D eigenvalue weighted by atomic mass is 10.1. The third-order valence-corrected chi connectivity index (χ3v) is 6.05. The van der Waals surface area contributed by atoms with Gasteiger partial charge in [0.1, 0.15) is 0 Å². The molecular formula is C27H23F2N3O4. The van der Waals surface area contributed by atoms with Crippen molar-refractivity contribution in [2.75, 3.05) is 7.11 Å². The number of hydrogen-bond donors (Lipinski definition) is 0. The normalized spacial score (nSPS) is 13.1. The zero-order valence-corrected chi connectivity index (χ0v) is 19.4. The van der Waals surface area contributed by atoms with E-state index in [1.807, 2.05) is 6.07 Å². The number of nitrogens with zero attached hydrogens (tertiary/aromatic N) is 3. The van der Waals surface area contributed by atoms with E-state index in [-0.39, 0.29) is 41.2 Å². The van der Waals surface area contributed by atoms with Gasteiger partial charge < -0.3 is 14.4 Å². The molecule has 0 atom stereocenters. The molecule has 1 aliphatic carbocycles. The Balaban J connectivity index is 1.55. The Kier molecular flexibility index (Phi) is 6.37. The Hall–Kier alpha value is -4.27. The van der Waals surface area contributed by atoms with Crippen molar-refractivity contribution >= 4 is 16.7 Å².